The van der Waals surface area contributed by atoms with Gasteiger partial charge in [0, 0.05) is 28.9 Å². The van der Waals surface area contributed by atoms with E-state index in [2.05, 4.69) is 10.6 Å². The highest BCUT2D eigenvalue weighted by Gasteiger charge is 2.12. The van der Waals surface area contributed by atoms with Gasteiger partial charge in [0.25, 0.3) is 11.8 Å². The van der Waals surface area contributed by atoms with Crippen molar-refractivity contribution in [1.82, 2.24) is 5.32 Å². The molecule has 1 unspecified atom stereocenters. The summed E-state index contributed by atoms with van der Waals surface area (Å²) in [6.07, 6.45) is 0. The lowest BCUT2D eigenvalue weighted by Crippen LogP contribution is -3.08. The van der Waals surface area contributed by atoms with Crippen LogP contribution in [-0.2, 0) is 11.3 Å². The van der Waals surface area contributed by atoms with E-state index in [9.17, 15) is 9.59 Å². The quantitative estimate of drug-likeness (QED) is 0.739. The van der Waals surface area contributed by atoms with Crippen molar-refractivity contribution in [2.75, 3.05) is 26.0 Å². The number of hydrogen-bond acceptors (Lipinski definition) is 2. The summed E-state index contributed by atoms with van der Waals surface area (Å²) in [6, 6.07) is 14.5. The van der Waals surface area contributed by atoms with Crippen molar-refractivity contribution in [3.05, 3.63) is 64.7 Å². The standard InChI is InChI=1S/C18H20ClN3O2/c1-20-18(24)14-6-4-8-16(10-14)21-17(23)12-22(2)11-13-5-3-7-15(19)9-13/h3-10H,11-12H2,1-2H3,(H,20,24)(H,21,23)/p+1. The molecule has 0 bridgehead atoms. The summed E-state index contributed by atoms with van der Waals surface area (Å²) in [7, 11) is 3.52. The van der Waals surface area contributed by atoms with Gasteiger partial charge in [0.1, 0.15) is 6.54 Å². The number of hydrogen-bond donors (Lipinski definition) is 3. The van der Waals surface area contributed by atoms with Crippen molar-refractivity contribution in [3.8, 4) is 0 Å². The molecule has 0 radical (unpaired) electrons. The molecule has 24 heavy (non-hydrogen) atoms. The third-order valence-electron chi connectivity index (χ3n) is 3.49. The average molecular weight is 347 g/mol. The van der Waals surface area contributed by atoms with E-state index in [0.717, 1.165) is 10.5 Å². The Morgan fingerprint density at radius 2 is 1.88 bits per heavy atom. The number of benzene rings is 2. The Hall–Kier alpha value is -2.37. The van der Waals surface area contributed by atoms with Gasteiger partial charge in [-0.2, -0.15) is 0 Å². The van der Waals surface area contributed by atoms with E-state index in [-0.39, 0.29) is 11.8 Å². The highest BCUT2D eigenvalue weighted by molar-refractivity contribution is 6.30. The largest absolute Gasteiger partial charge is 0.355 e. The molecule has 2 aromatic rings. The zero-order chi connectivity index (χ0) is 17.5. The number of carbonyl (C=O) groups excluding carboxylic acids is 2. The minimum absolute atomic E-state index is 0.108. The number of carbonyl (C=O) groups is 2. The summed E-state index contributed by atoms with van der Waals surface area (Å²) in [4.78, 5) is 24.8. The molecule has 126 valence electrons. The molecule has 0 aliphatic heterocycles. The highest BCUT2D eigenvalue weighted by Crippen LogP contribution is 2.11. The minimum Gasteiger partial charge on any atom is -0.355 e. The van der Waals surface area contributed by atoms with Crippen molar-refractivity contribution in [2.45, 2.75) is 6.54 Å². The Morgan fingerprint density at radius 3 is 2.58 bits per heavy atom. The molecule has 3 N–H and O–H groups in total. The average Bonchev–Trinajstić information content (AvgIpc) is 2.54. The second-order valence-corrected chi connectivity index (χ2v) is 6.09. The Kier molecular flexibility index (Phi) is 6.35. The fraction of sp³-hybridized carbons (Fsp3) is 0.222. The molecule has 2 amide bonds. The van der Waals surface area contributed by atoms with Gasteiger partial charge in [-0.25, -0.2) is 0 Å². The summed E-state index contributed by atoms with van der Waals surface area (Å²) in [5.74, 6) is -0.293. The number of amides is 2. The van der Waals surface area contributed by atoms with Crippen molar-refractivity contribution in [1.29, 1.82) is 0 Å². The molecule has 0 saturated carbocycles. The van der Waals surface area contributed by atoms with E-state index >= 15 is 0 Å². The number of anilines is 1. The fourth-order valence-electron chi connectivity index (χ4n) is 2.42. The molecule has 2 aromatic carbocycles. The Labute approximate surface area is 146 Å². The molecular formula is C18H21ClN3O2+. The van der Waals surface area contributed by atoms with Crippen LogP contribution in [-0.4, -0.2) is 32.5 Å². The molecule has 2 rings (SSSR count). The predicted molar refractivity (Wildman–Crippen MR) is 95.4 cm³/mol. The van der Waals surface area contributed by atoms with E-state index in [1.54, 1.807) is 31.3 Å². The molecule has 0 aromatic heterocycles. The Bertz CT molecular complexity index is 734. The van der Waals surface area contributed by atoms with Crippen LogP contribution in [0.1, 0.15) is 15.9 Å². The van der Waals surface area contributed by atoms with E-state index in [0.29, 0.717) is 29.4 Å². The summed E-state index contributed by atoms with van der Waals surface area (Å²) >= 11 is 5.97. The van der Waals surface area contributed by atoms with Gasteiger partial charge in [-0.05, 0) is 30.3 Å². The van der Waals surface area contributed by atoms with Crippen LogP contribution in [0, 0.1) is 0 Å². The van der Waals surface area contributed by atoms with Gasteiger partial charge in [-0.3, -0.25) is 9.59 Å². The van der Waals surface area contributed by atoms with Gasteiger partial charge in [0.05, 0.1) is 7.05 Å². The highest BCUT2D eigenvalue weighted by atomic mass is 35.5. The predicted octanol–water partition coefficient (Wildman–Crippen LogP) is 1.35. The minimum atomic E-state index is -0.185. The molecule has 0 saturated heterocycles. The van der Waals surface area contributed by atoms with Crippen LogP contribution in [0.25, 0.3) is 0 Å². The number of likely N-dealkylation sites (N-methyl/N-ethyl adjacent to an activating group) is 1. The smallest absolute Gasteiger partial charge is 0.279 e. The summed E-state index contributed by atoms with van der Waals surface area (Å²) in [6.45, 7) is 1.02. The zero-order valence-electron chi connectivity index (χ0n) is 13.7. The maximum atomic E-state index is 12.2. The number of rotatable bonds is 6. The number of nitrogens with one attached hydrogen (secondary N) is 3. The van der Waals surface area contributed by atoms with Crippen LogP contribution < -0.4 is 15.5 Å². The van der Waals surface area contributed by atoms with E-state index < -0.39 is 0 Å². The first-order valence-corrected chi connectivity index (χ1v) is 8.03. The zero-order valence-corrected chi connectivity index (χ0v) is 14.5. The van der Waals surface area contributed by atoms with Gasteiger partial charge >= 0.3 is 0 Å². The molecule has 0 spiro atoms. The monoisotopic (exact) mass is 346 g/mol. The Balaban J connectivity index is 1.92. The van der Waals surface area contributed by atoms with Gasteiger partial charge in [-0.15, -0.1) is 0 Å². The first-order chi connectivity index (χ1) is 11.5. The van der Waals surface area contributed by atoms with E-state index in [1.165, 1.54) is 0 Å². The van der Waals surface area contributed by atoms with Crippen LogP contribution >= 0.6 is 11.6 Å². The lowest BCUT2D eigenvalue weighted by Gasteiger charge is -2.14. The summed E-state index contributed by atoms with van der Waals surface area (Å²) in [5.41, 5.74) is 2.20. The summed E-state index contributed by atoms with van der Waals surface area (Å²) in [5, 5.41) is 6.07. The van der Waals surface area contributed by atoms with Crippen molar-refractivity contribution < 1.29 is 14.5 Å². The topological polar surface area (TPSA) is 62.6 Å². The third-order valence-corrected chi connectivity index (χ3v) is 3.73. The van der Waals surface area contributed by atoms with Crippen LogP contribution in [0.4, 0.5) is 5.69 Å². The maximum absolute atomic E-state index is 12.2. The first kappa shape index (κ1) is 18.0. The van der Waals surface area contributed by atoms with Crippen LogP contribution in [0.15, 0.2) is 48.5 Å². The Morgan fingerprint density at radius 1 is 1.12 bits per heavy atom. The first-order valence-electron chi connectivity index (χ1n) is 7.65. The van der Waals surface area contributed by atoms with E-state index in [1.807, 2.05) is 31.3 Å². The molecular weight excluding hydrogens is 326 g/mol. The maximum Gasteiger partial charge on any atom is 0.279 e. The van der Waals surface area contributed by atoms with Crippen molar-refractivity contribution in [3.63, 3.8) is 0 Å². The lowest BCUT2D eigenvalue weighted by molar-refractivity contribution is -0.885. The van der Waals surface area contributed by atoms with Crippen LogP contribution in [0.2, 0.25) is 5.02 Å². The molecule has 5 nitrogen and oxygen atoms in total. The number of quaternary nitrogens is 1. The second kappa shape index (κ2) is 8.47. The fourth-order valence-corrected chi connectivity index (χ4v) is 2.63. The summed E-state index contributed by atoms with van der Waals surface area (Å²) < 4.78 is 0. The van der Waals surface area contributed by atoms with Crippen LogP contribution in [0.3, 0.4) is 0 Å². The molecule has 1 atom stereocenters. The molecule has 0 aliphatic rings. The van der Waals surface area contributed by atoms with Gasteiger partial charge in [0.15, 0.2) is 6.54 Å². The molecule has 0 fully saturated rings. The SMILES string of the molecule is CNC(=O)c1cccc(NC(=O)C[NH+](C)Cc2cccc(Cl)c2)c1. The van der Waals surface area contributed by atoms with E-state index in [4.69, 9.17) is 11.6 Å². The van der Waals surface area contributed by atoms with Gasteiger partial charge in [-0.1, -0.05) is 29.8 Å². The van der Waals surface area contributed by atoms with Crippen LogP contribution in [0.5, 0.6) is 0 Å². The van der Waals surface area contributed by atoms with Crippen molar-refractivity contribution >= 4 is 29.1 Å². The lowest BCUT2D eigenvalue weighted by atomic mass is 10.2. The van der Waals surface area contributed by atoms with Crippen molar-refractivity contribution in [2.24, 2.45) is 0 Å². The molecule has 6 heteroatoms. The number of halogens is 1. The normalized spacial score (nSPS) is 11.6. The molecule has 0 heterocycles. The molecule has 0 aliphatic carbocycles. The van der Waals surface area contributed by atoms with Gasteiger partial charge < -0.3 is 15.5 Å². The second-order valence-electron chi connectivity index (χ2n) is 5.65. The third kappa shape index (κ3) is 5.37. The van der Waals surface area contributed by atoms with Gasteiger partial charge in [0.2, 0.25) is 0 Å².